The molecule has 2 atom stereocenters. The van der Waals surface area contributed by atoms with Gasteiger partial charge in [0.1, 0.15) is 5.60 Å². The first-order valence-electron chi connectivity index (χ1n) is 7.20. The van der Waals surface area contributed by atoms with Crippen molar-refractivity contribution in [3.8, 4) is 0 Å². The van der Waals surface area contributed by atoms with Crippen LogP contribution < -0.4 is 0 Å². The maximum atomic E-state index is 12.6. The molecule has 0 aliphatic carbocycles. The molecule has 20 heavy (non-hydrogen) atoms. The molecule has 3 aliphatic heterocycles. The highest BCUT2D eigenvalue weighted by atomic mass is 32.2. The summed E-state index contributed by atoms with van der Waals surface area (Å²) in [6.07, 6.45) is 1.47. The van der Waals surface area contributed by atoms with E-state index in [0.717, 1.165) is 12.8 Å². The van der Waals surface area contributed by atoms with Crippen molar-refractivity contribution in [2.75, 3.05) is 46.0 Å². The predicted molar refractivity (Wildman–Crippen MR) is 71.4 cm³/mol. The number of hydrogen-bond donors (Lipinski definition) is 1. The van der Waals surface area contributed by atoms with Crippen molar-refractivity contribution in [2.45, 2.75) is 31.0 Å². The molecule has 8 heteroatoms. The molecule has 3 heterocycles. The van der Waals surface area contributed by atoms with E-state index in [4.69, 9.17) is 9.47 Å². The number of piperidine rings is 1. The fraction of sp³-hybridized carbons (Fsp3) is 1.00. The molecule has 0 aromatic heterocycles. The molecule has 1 N–H and O–H groups in total. The van der Waals surface area contributed by atoms with Gasteiger partial charge in [-0.15, -0.1) is 0 Å². The lowest BCUT2D eigenvalue weighted by Crippen LogP contribution is -2.60. The molecule has 116 valence electrons. The third kappa shape index (κ3) is 2.49. The van der Waals surface area contributed by atoms with Crippen molar-refractivity contribution in [1.29, 1.82) is 0 Å². The van der Waals surface area contributed by atoms with E-state index in [2.05, 4.69) is 0 Å². The van der Waals surface area contributed by atoms with E-state index in [0.29, 0.717) is 45.9 Å². The molecule has 3 fully saturated rings. The molecule has 0 aromatic carbocycles. The van der Waals surface area contributed by atoms with Crippen molar-refractivity contribution < 1.29 is 23.0 Å². The van der Waals surface area contributed by atoms with Crippen LogP contribution in [0.15, 0.2) is 0 Å². The highest BCUT2D eigenvalue weighted by molar-refractivity contribution is 7.86. The van der Waals surface area contributed by atoms with Gasteiger partial charge in [-0.1, -0.05) is 0 Å². The number of hydrogen-bond acceptors (Lipinski definition) is 5. The highest BCUT2D eigenvalue weighted by Gasteiger charge is 2.49. The molecule has 1 spiro atoms. The molecule has 7 nitrogen and oxygen atoms in total. The van der Waals surface area contributed by atoms with E-state index in [9.17, 15) is 13.5 Å². The normalized spacial score (nSPS) is 37.5. The largest absolute Gasteiger partial charge is 0.390 e. The Morgan fingerprint density at radius 1 is 1.10 bits per heavy atom. The highest BCUT2D eigenvalue weighted by Crippen LogP contribution is 2.36. The Labute approximate surface area is 119 Å². The van der Waals surface area contributed by atoms with Crippen molar-refractivity contribution in [2.24, 2.45) is 0 Å². The van der Waals surface area contributed by atoms with Gasteiger partial charge in [0.25, 0.3) is 10.2 Å². The van der Waals surface area contributed by atoms with Crippen LogP contribution >= 0.6 is 0 Å². The Hall–Kier alpha value is -0.250. The molecule has 3 rings (SSSR count). The summed E-state index contributed by atoms with van der Waals surface area (Å²) in [5.74, 6) is 0. The Morgan fingerprint density at radius 3 is 2.50 bits per heavy atom. The van der Waals surface area contributed by atoms with Gasteiger partial charge < -0.3 is 14.6 Å². The zero-order valence-electron chi connectivity index (χ0n) is 11.5. The Balaban J connectivity index is 1.76. The molecule has 0 radical (unpaired) electrons. The molecule has 3 saturated heterocycles. The average molecular weight is 306 g/mol. The van der Waals surface area contributed by atoms with Crippen LogP contribution in [0, 0.1) is 0 Å². The quantitative estimate of drug-likeness (QED) is 0.721. The van der Waals surface area contributed by atoms with E-state index in [1.807, 2.05) is 0 Å². The van der Waals surface area contributed by atoms with E-state index in [-0.39, 0.29) is 6.54 Å². The monoisotopic (exact) mass is 306 g/mol. The standard InChI is InChI=1S/C12H22N2O5S/c15-11-2-4-14(10-12(11)3-1-7-19-12)20(16,17)13-5-8-18-9-6-13/h11,15H,1-10H2/t11-,12-/m0/s1. The van der Waals surface area contributed by atoms with Crippen molar-refractivity contribution in [1.82, 2.24) is 8.61 Å². The van der Waals surface area contributed by atoms with Crippen LogP contribution in [0.2, 0.25) is 0 Å². The van der Waals surface area contributed by atoms with Gasteiger partial charge in [0.05, 0.1) is 19.3 Å². The summed E-state index contributed by atoms with van der Waals surface area (Å²) in [4.78, 5) is 0. The molecule has 0 bridgehead atoms. The van der Waals surface area contributed by atoms with Crippen LogP contribution in [-0.4, -0.2) is 79.8 Å². The van der Waals surface area contributed by atoms with Crippen LogP contribution in [0.4, 0.5) is 0 Å². The zero-order chi connectivity index (χ0) is 14.2. The zero-order valence-corrected chi connectivity index (χ0v) is 12.3. The summed E-state index contributed by atoms with van der Waals surface area (Å²) < 4.78 is 39.1. The maximum absolute atomic E-state index is 12.6. The minimum Gasteiger partial charge on any atom is -0.390 e. The number of nitrogens with zero attached hydrogens (tertiary/aromatic N) is 2. The van der Waals surface area contributed by atoms with Gasteiger partial charge in [-0.25, -0.2) is 0 Å². The molecule has 0 aromatic rings. The second-order valence-electron chi connectivity index (χ2n) is 5.67. The van der Waals surface area contributed by atoms with Gasteiger partial charge in [0.2, 0.25) is 0 Å². The van der Waals surface area contributed by atoms with E-state index < -0.39 is 21.9 Å². The van der Waals surface area contributed by atoms with Crippen LogP contribution in [0.25, 0.3) is 0 Å². The van der Waals surface area contributed by atoms with Crippen LogP contribution in [0.3, 0.4) is 0 Å². The summed E-state index contributed by atoms with van der Waals surface area (Å²) in [6, 6.07) is 0. The second-order valence-corrected chi connectivity index (χ2v) is 7.60. The van der Waals surface area contributed by atoms with Crippen LogP contribution in [-0.2, 0) is 19.7 Å². The van der Waals surface area contributed by atoms with Gasteiger partial charge in [-0.3, -0.25) is 0 Å². The lowest BCUT2D eigenvalue weighted by molar-refractivity contribution is -0.118. The number of ether oxygens (including phenoxy) is 2. The first-order valence-corrected chi connectivity index (χ1v) is 8.59. The second kappa shape index (κ2) is 5.51. The van der Waals surface area contributed by atoms with E-state index in [1.54, 1.807) is 0 Å². The summed E-state index contributed by atoms with van der Waals surface area (Å²) in [5.41, 5.74) is -0.697. The molecule has 0 saturated carbocycles. The molecule has 0 amide bonds. The van der Waals surface area contributed by atoms with Gasteiger partial charge >= 0.3 is 0 Å². The number of morpholine rings is 1. The minimum atomic E-state index is -3.48. The Bertz CT molecular complexity index is 443. The minimum absolute atomic E-state index is 0.258. The maximum Gasteiger partial charge on any atom is 0.282 e. The lowest BCUT2D eigenvalue weighted by atomic mass is 9.88. The van der Waals surface area contributed by atoms with Gasteiger partial charge in [-0.2, -0.15) is 17.0 Å². The first kappa shape index (κ1) is 14.7. The van der Waals surface area contributed by atoms with E-state index in [1.165, 1.54) is 8.61 Å². The van der Waals surface area contributed by atoms with Gasteiger partial charge in [0, 0.05) is 32.8 Å². The SMILES string of the molecule is O=S(=O)(N1CCOCC1)N1CC[C@H](O)[C@]2(CCCO2)C1. The summed E-state index contributed by atoms with van der Waals surface area (Å²) in [5, 5.41) is 10.2. The van der Waals surface area contributed by atoms with Crippen molar-refractivity contribution in [3.05, 3.63) is 0 Å². The number of rotatable bonds is 2. The molecular formula is C12H22N2O5S. The Morgan fingerprint density at radius 2 is 1.85 bits per heavy atom. The smallest absolute Gasteiger partial charge is 0.282 e. The van der Waals surface area contributed by atoms with Crippen LogP contribution in [0.5, 0.6) is 0 Å². The molecule has 3 aliphatic rings. The molecule has 0 unspecified atom stereocenters. The fourth-order valence-electron chi connectivity index (χ4n) is 3.26. The lowest BCUT2D eigenvalue weighted by Gasteiger charge is -2.44. The predicted octanol–water partition coefficient (Wildman–Crippen LogP) is -0.821. The summed E-state index contributed by atoms with van der Waals surface area (Å²) >= 11 is 0. The Kier molecular flexibility index (Phi) is 4.04. The average Bonchev–Trinajstić information content (AvgIpc) is 2.92. The van der Waals surface area contributed by atoms with Crippen molar-refractivity contribution >= 4 is 10.2 Å². The van der Waals surface area contributed by atoms with Crippen LogP contribution in [0.1, 0.15) is 19.3 Å². The summed E-state index contributed by atoms with van der Waals surface area (Å²) in [6.45, 7) is 2.89. The van der Waals surface area contributed by atoms with Gasteiger partial charge in [0.15, 0.2) is 0 Å². The first-order chi connectivity index (χ1) is 9.55. The summed E-state index contributed by atoms with van der Waals surface area (Å²) in [7, 11) is -3.48. The number of aliphatic hydroxyl groups is 1. The topological polar surface area (TPSA) is 79.3 Å². The van der Waals surface area contributed by atoms with Crippen molar-refractivity contribution in [3.63, 3.8) is 0 Å². The molecular weight excluding hydrogens is 284 g/mol. The third-order valence-corrected chi connectivity index (χ3v) is 6.44. The number of aliphatic hydroxyl groups excluding tert-OH is 1. The fourth-order valence-corrected chi connectivity index (χ4v) is 4.91. The van der Waals surface area contributed by atoms with E-state index >= 15 is 0 Å². The third-order valence-electron chi connectivity index (χ3n) is 4.46. The van der Waals surface area contributed by atoms with Gasteiger partial charge in [-0.05, 0) is 19.3 Å².